The predicted molar refractivity (Wildman–Crippen MR) is 109 cm³/mol. The van der Waals surface area contributed by atoms with Gasteiger partial charge in [-0.2, -0.15) is 5.10 Å². The van der Waals surface area contributed by atoms with Crippen molar-refractivity contribution < 1.29 is 4.79 Å². The summed E-state index contributed by atoms with van der Waals surface area (Å²) in [5.74, 6) is 0.810. The van der Waals surface area contributed by atoms with E-state index < -0.39 is 0 Å². The Hall–Kier alpha value is -2.10. The molecule has 0 bridgehead atoms. The molecule has 1 aliphatic rings. The van der Waals surface area contributed by atoms with E-state index in [1.54, 1.807) is 13.2 Å². The largest absolute Gasteiger partial charge is 0.351 e. The molecule has 134 valence electrons. The van der Waals surface area contributed by atoms with Gasteiger partial charge in [-0.25, -0.2) is 0 Å². The number of aliphatic imine (C=N–C) groups is 1. The van der Waals surface area contributed by atoms with Crippen LogP contribution in [0.3, 0.4) is 0 Å². The van der Waals surface area contributed by atoms with Gasteiger partial charge in [-0.05, 0) is 18.2 Å². The molecule has 1 aliphatic heterocycles. The Balaban J connectivity index is 0.00000225. The average Bonchev–Trinajstić information content (AvgIpc) is 3.17. The maximum Gasteiger partial charge on any atom is 0.229 e. The van der Waals surface area contributed by atoms with Crippen LogP contribution in [0.4, 0.5) is 5.69 Å². The van der Waals surface area contributed by atoms with Crippen molar-refractivity contribution >= 4 is 41.5 Å². The Labute approximate surface area is 164 Å². The third kappa shape index (κ3) is 4.71. The van der Waals surface area contributed by atoms with Gasteiger partial charge < -0.3 is 15.5 Å². The van der Waals surface area contributed by atoms with Crippen molar-refractivity contribution in [1.82, 2.24) is 20.4 Å². The van der Waals surface area contributed by atoms with E-state index in [1.807, 2.05) is 53.0 Å². The number of hydrogen-bond acceptors (Lipinski definition) is 3. The first kappa shape index (κ1) is 19.2. The molecule has 2 heterocycles. The molecular formula is C17H23IN6O. The quantitative estimate of drug-likeness (QED) is 0.418. The zero-order valence-corrected chi connectivity index (χ0v) is 16.7. The summed E-state index contributed by atoms with van der Waals surface area (Å²) in [6.07, 6.45) is 2.22. The number of anilines is 1. The van der Waals surface area contributed by atoms with E-state index in [9.17, 15) is 4.79 Å². The predicted octanol–water partition coefficient (Wildman–Crippen LogP) is 1.51. The Bertz CT molecular complexity index is 730. The number of aryl methyl sites for hydroxylation is 1. The number of aromatic nitrogens is 2. The number of rotatable bonds is 4. The van der Waals surface area contributed by atoms with Gasteiger partial charge in [0.2, 0.25) is 5.91 Å². The van der Waals surface area contributed by atoms with Crippen LogP contribution >= 0.6 is 24.0 Å². The molecule has 1 fully saturated rings. The fourth-order valence-electron chi connectivity index (χ4n) is 2.80. The van der Waals surface area contributed by atoms with Crippen LogP contribution in [0.5, 0.6) is 0 Å². The molecule has 1 saturated heterocycles. The van der Waals surface area contributed by atoms with E-state index in [0.29, 0.717) is 25.5 Å². The van der Waals surface area contributed by atoms with Crippen LogP contribution in [0.25, 0.3) is 0 Å². The lowest BCUT2D eigenvalue weighted by atomic mass is 10.2. The van der Waals surface area contributed by atoms with Gasteiger partial charge in [0.25, 0.3) is 0 Å². The Morgan fingerprint density at radius 3 is 2.72 bits per heavy atom. The number of para-hydroxylation sites is 1. The molecule has 3 rings (SSSR count). The molecule has 2 aromatic rings. The van der Waals surface area contributed by atoms with Gasteiger partial charge >= 0.3 is 0 Å². The Morgan fingerprint density at radius 1 is 1.32 bits per heavy atom. The summed E-state index contributed by atoms with van der Waals surface area (Å²) in [5, 5.41) is 10.7. The first-order valence-electron chi connectivity index (χ1n) is 7.97. The van der Waals surface area contributed by atoms with Gasteiger partial charge in [-0.15, -0.1) is 24.0 Å². The number of hydrogen-bond donors (Lipinski definition) is 2. The Kier molecular flexibility index (Phi) is 6.80. The summed E-state index contributed by atoms with van der Waals surface area (Å²) in [5.41, 5.74) is 2.00. The van der Waals surface area contributed by atoms with Crippen LogP contribution in [0.1, 0.15) is 12.1 Å². The maximum atomic E-state index is 12.3. The molecule has 0 spiro atoms. The molecule has 25 heavy (non-hydrogen) atoms. The normalized spacial score (nSPS) is 17.4. The molecule has 1 aromatic heterocycles. The van der Waals surface area contributed by atoms with E-state index in [1.165, 1.54) is 0 Å². The summed E-state index contributed by atoms with van der Waals surface area (Å²) < 4.78 is 1.82. The van der Waals surface area contributed by atoms with Crippen molar-refractivity contribution in [2.24, 2.45) is 12.0 Å². The van der Waals surface area contributed by atoms with E-state index in [0.717, 1.165) is 11.4 Å². The molecule has 0 radical (unpaired) electrons. The molecule has 0 saturated carbocycles. The van der Waals surface area contributed by atoms with Crippen molar-refractivity contribution in [1.29, 1.82) is 0 Å². The minimum absolute atomic E-state index is 0. The van der Waals surface area contributed by atoms with Crippen LogP contribution in [0, 0.1) is 0 Å². The molecule has 8 heteroatoms. The number of nitrogens with zero attached hydrogens (tertiary/aromatic N) is 4. The van der Waals surface area contributed by atoms with Crippen molar-refractivity contribution in [2.45, 2.75) is 19.0 Å². The lowest BCUT2D eigenvalue weighted by molar-refractivity contribution is -0.117. The highest BCUT2D eigenvalue weighted by molar-refractivity contribution is 14.0. The minimum Gasteiger partial charge on any atom is -0.351 e. The van der Waals surface area contributed by atoms with Crippen LogP contribution < -0.4 is 15.5 Å². The molecule has 7 nitrogen and oxygen atoms in total. The second-order valence-corrected chi connectivity index (χ2v) is 5.76. The number of nitrogens with one attached hydrogen (secondary N) is 2. The van der Waals surface area contributed by atoms with Crippen molar-refractivity contribution in [3.8, 4) is 0 Å². The third-order valence-electron chi connectivity index (χ3n) is 4.12. The maximum absolute atomic E-state index is 12.3. The molecule has 0 aliphatic carbocycles. The average molecular weight is 454 g/mol. The minimum atomic E-state index is 0. The van der Waals surface area contributed by atoms with Crippen molar-refractivity contribution in [2.75, 3.05) is 18.5 Å². The van der Waals surface area contributed by atoms with E-state index in [2.05, 4.69) is 20.7 Å². The number of halogens is 1. The fraction of sp³-hybridized carbons (Fsp3) is 0.353. The van der Waals surface area contributed by atoms with Gasteiger partial charge in [0.05, 0.1) is 18.3 Å². The van der Waals surface area contributed by atoms with E-state index >= 15 is 0 Å². The van der Waals surface area contributed by atoms with Crippen LogP contribution in [0.15, 0.2) is 47.6 Å². The zero-order chi connectivity index (χ0) is 16.9. The van der Waals surface area contributed by atoms with Gasteiger partial charge in [-0.3, -0.25) is 14.5 Å². The summed E-state index contributed by atoms with van der Waals surface area (Å²) >= 11 is 0. The highest BCUT2D eigenvalue weighted by atomic mass is 127. The summed E-state index contributed by atoms with van der Waals surface area (Å²) in [4.78, 5) is 18.3. The molecule has 1 atom stereocenters. The first-order valence-corrected chi connectivity index (χ1v) is 7.97. The lowest BCUT2D eigenvalue weighted by Crippen LogP contribution is -2.44. The topological polar surface area (TPSA) is 74.5 Å². The van der Waals surface area contributed by atoms with Crippen molar-refractivity contribution in [3.05, 3.63) is 48.3 Å². The summed E-state index contributed by atoms with van der Waals surface area (Å²) in [6.45, 7) is 1.26. The number of carbonyl (C=O) groups is 1. The number of carbonyl (C=O) groups excluding carboxylic acids is 1. The molecule has 2 N–H and O–H groups in total. The third-order valence-corrected chi connectivity index (χ3v) is 4.12. The first-order chi connectivity index (χ1) is 11.7. The lowest BCUT2D eigenvalue weighted by Gasteiger charge is -2.19. The zero-order valence-electron chi connectivity index (χ0n) is 14.3. The van der Waals surface area contributed by atoms with Crippen LogP contribution in [-0.4, -0.2) is 41.3 Å². The second-order valence-electron chi connectivity index (χ2n) is 5.76. The molecular weight excluding hydrogens is 431 g/mol. The van der Waals surface area contributed by atoms with E-state index in [4.69, 9.17) is 0 Å². The van der Waals surface area contributed by atoms with Gasteiger partial charge in [0.1, 0.15) is 0 Å². The van der Waals surface area contributed by atoms with Gasteiger partial charge in [0, 0.05) is 38.9 Å². The smallest absolute Gasteiger partial charge is 0.229 e. The summed E-state index contributed by atoms with van der Waals surface area (Å²) in [6, 6.07) is 11.7. The molecule has 1 aromatic carbocycles. The highest BCUT2D eigenvalue weighted by Crippen LogP contribution is 2.20. The molecule has 1 unspecified atom stereocenters. The number of amides is 1. The van der Waals surface area contributed by atoms with Gasteiger partial charge in [-0.1, -0.05) is 18.2 Å². The molecule has 1 amide bonds. The number of benzene rings is 1. The Morgan fingerprint density at radius 2 is 2.08 bits per heavy atom. The van der Waals surface area contributed by atoms with Crippen LogP contribution in [-0.2, 0) is 18.4 Å². The summed E-state index contributed by atoms with van der Waals surface area (Å²) in [7, 11) is 3.63. The van der Waals surface area contributed by atoms with Gasteiger partial charge in [0.15, 0.2) is 5.96 Å². The van der Waals surface area contributed by atoms with Crippen LogP contribution in [0.2, 0.25) is 0 Å². The highest BCUT2D eigenvalue weighted by Gasteiger charge is 2.31. The monoisotopic (exact) mass is 454 g/mol. The van der Waals surface area contributed by atoms with Crippen molar-refractivity contribution in [3.63, 3.8) is 0 Å². The standard InChI is InChI=1S/C17H22N6O.HI/c1-18-17(19-11-15-8-9-20-22(15)2)21-13-10-16(24)23(12-13)14-6-4-3-5-7-14;/h3-9,13H,10-12H2,1-2H3,(H2,18,19,21);1H. The van der Waals surface area contributed by atoms with E-state index in [-0.39, 0.29) is 35.9 Å². The SMILES string of the molecule is CN=C(NCc1ccnn1C)NC1CC(=O)N(c2ccccc2)C1.I. The fourth-order valence-corrected chi connectivity index (χ4v) is 2.80. The second kappa shape index (κ2) is 8.84. The number of guanidine groups is 1.